The molecule has 0 spiro atoms. The van der Waals surface area contributed by atoms with Crippen LogP contribution in [0.2, 0.25) is 0 Å². The fourth-order valence-corrected chi connectivity index (χ4v) is 0.683. The molecule has 0 aliphatic rings. The van der Waals surface area contributed by atoms with Crippen LogP contribution in [0.25, 0.3) is 0 Å². The predicted molar refractivity (Wildman–Crippen MR) is 50.0 cm³/mol. The standard InChI is InChI=1S/C8H10O.BH3O3/c1-2-9-8-6-4-3-5-7-8;2-1(3)4/h3-7H,2H2,1H3;2-4H. The van der Waals surface area contributed by atoms with Crippen molar-refractivity contribution in [3.63, 3.8) is 0 Å². The second-order valence-corrected chi connectivity index (χ2v) is 2.09. The van der Waals surface area contributed by atoms with Crippen LogP contribution in [-0.2, 0) is 0 Å². The summed E-state index contributed by atoms with van der Waals surface area (Å²) in [5.74, 6) is 0.944. The summed E-state index contributed by atoms with van der Waals surface area (Å²) in [6.45, 7) is 2.72. The maximum absolute atomic E-state index is 7.17. The van der Waals surface area contributed by atoms with Gasteiger partial charge in [0.1, 0.15) is 5.75 Å². The molecule has 0 unspecified atom stereocenters. The molecule has 13 heavy (non-hydrogen) atoms. The average molecular weight is 184 g/mol. The minimum absolute atomic E-state index is 0.740. The highest BCUT2D eigenvalue weighted by atomic mass is 16.5. The Hall–Kier alpha value is -1.04. The van der Waals surface area contributed by atoms with Gasteiger partial charge in [-0.15, -0.1) is 0 Å². The molecule has 0 fully saturated rings. The van der Waals surface area contributed by atoms with E-state index in [0.29, 0.717) is 0 Å². The molecule has 0 aliphatic heterocycles. The van der Waals surface area contributed by atoms with Gasteiger partial charge in [0.25, 0.3) is 0 Å². The van der Waals surface area contributed by atoms with Gasteiger partial charge >= 0.3 is 7.32 Å². The maximum Gasteiger partial charge on any atom is 0.631 e. The van der Waals surface area contributed by atoms with E-state index in [4.69, 9.17) is 19.8 Å². The summed E-state index contributed by atoms with van der Waals surface area (Å²) in [7, 11) is -2.17. The van der Waals surface area contributed by atoms with E-state index in [-0.39, 0.29) is 0 Å². The van der Waals surface area contributed by atoms with E-state index in [0.717, 1.165) is 12.4 Å². The van der Waals surface area contributed by atoms with E-state index in [1.54, 1.807) is 0 Å². The number of rotatable bonds is 2. The molecule has 0 bridgehead atoms. The van der Waals surface area contributed by atoms with Crippen LogP contribution in [0.1, 0.15) is 6.92 Å². The summed E-state index contributed by atoms with van der Waals surface area (Å²) in [5, 5.41) is 21.5. The van der Waals surface area contributed by atoms with Crippen LogP contribution in [0.4, 0.5) is 0 Å². The number of ether oxygens (including phenoxy) is 1. The lowest BCUT2D eigenvalue weighted by Crippen LogP contribution is -2.07. The normalized spacial score (nSPS) is 8.31. The molecule has 3 N–H and O–H groups in total. The third-order valence-electron chi connectivity index (χ3n) is 1.05. The van der Waals surface area contributed by atoms with Crippen molar-refractivity contribution >= 4 is 7.32 Å². The van der Waals surface area contributed by atoms with Crippen molar-refractivity contribution in [1.82, 2.24) is 0 Å². The van der Waals surface area contributed by atoms with Crippen molar-refractivity contribution in [2.24, 2.45) is 0 Å². The lowest BCUT2D eigenvalue weighted by atomic mass is 10.3. The number of para-hydroxylation sites is 1. The van der Waals surface area contributed by atoms with Crippen LogP contribution < -0.4 is 4.74 Å². The maximum atomic E-state index is 7.17. The van der Waals surface area contributed by atoms with Crippen molar-refractivity contribution in [2.75, 3.05) is 6.61 Å². The van der Waals surface area contributed by atoms with E-state index in [1.165, 1.54) is 0 Å². The first-order valence-corrected chi connectivity index (χ1v) is 3.89. The van der Waals surface area contributed by atoms with Crippen LogP contribution in [0.3, 0.4) is 0 Å². The molecular formula is C8H13BO4. The van der Waals surface area contributed by atoms with E-state index in [1.807, 2.05) is 37.3 Å². The van der Waals surface area contributed by atoms with Crippen LogP contribution in [0.5, 0.6) is 5.75 Å². The van der Waals surface area contributed by atoms with Gasteiger partial charge in [0.2, 0.25) is 0 Å². The van der Waals surface area contributed by atoms with Gasteiger partial charge in [-0.1, -0.05) is 18.2 Å². The van der Waals surface area contributed by atoms with E-state index < -0.39 is 7.32 Å². The highest BCUT2D eigenvalue weighted by Gasteiger charge is 1.92. The second-order valence-electron chi connectivity index (χ2n) is 2.09. The van der Waals surface area contributed by atoms with Gasteiger partial charge in [0.15, 0.2) is 0 Å². The Morgan fingerprint density at radius 1 is 1.15 bits per heavy atom. The minimum Gasteiger partial charge on any atom is -0.494 e. The summed E-state index contributed by atoms with van der Waals surface area (Å²) in [6, 6.07) is 9.80. The zero-order chi connectivity index (χ0) is 10.1. The quantitative estimate of drug-likeness (QED) is 0.567. The van der Waals surface area contributed by atoms with Crippen LogP contribution in [0.15, 0.2) is 30.3 Å². The molecule has 0 saturated carbocycles. The summed E-state index contributed by atoms with van der Waals surface area (Å²) >= 11 is 0. The second kappa shape index (κ2) is 7.61. The first kappa shape index (κ1) is 12.0. The van der Waals surface area contributed by atoms with E-state index in [2.05, 4.69) is 0 Å². The highest BCUT2D eigenvalue weighted by molar-refractivity contribution is 6.30. The van der Waals surface area contributed by atoms with Gasteiger partial charge in [0.05, 0.1) is 6.61 Å². The van der Waals surface area contributed by atoms with Gasteiger partial charge in [-0.05, 0) is 19.1 Å². The molecule has 1 rings (SSSR count). The Kier molecular flexibility index (Phi) is 7.00. The molecule has 0 heterocycles. The van der Waals surface area contributed by atoms with E-state index in [9.17, 15) is 0 Å². The lowest BCUT2D eigenvalue weighted by Gasteiger charge is -1.99. The lowest BCUT2D eigenvalue weighted by molar-refractivity contribution is 0.278. The first-order chi connectivity index (χ1) is 6.16. The summed E-state index contributed by atoms with van der Waals surface area (Å²) in [6.07, 6.45) is 0. The molecule has 5 heteroatoms. The fourth-order valence-electron chi connectivity index (χ4n) is 0.683. The highest BCUT2D eigenvalue weighted by Crippen LogP contribution is 2.06. The molecule has 4 nitrogen and oxygen atoms in total. The Balaban J connectivity index is 0.000000310. The molecule has 1 aromatic carbocycles. The summed E-state index contributed by atoms with van der Waals surface area (Å²) in [5.41, 5.74) is 0. The Morgan fingerprint density at radius 3 is 2.00 bits per heavy atom. The zero-order valence-electron chi connectivity index (χ0n) is 7.42. The van der Waals surface area contributed by atoms with Gasteiger partial charge in [-0.2, -0.15) is 0 Å². The SMILES string of the molecule is CCOc1ccccc1.OB(O)O. The van der Waals surface area contributed by atoms with Crippen molar-refractivity contribution in [3.05, 3.63) is 30.3 Å². The summed E-state index contributed by atoms with van der Waals surface area (Å²) in [4.78, 5) is 0. The summed E-state index contributed by atoms with van der Waals surface area (Å²) < 4.78 is 5.21. The third kappa shape index (κ3) is 8.87. The molecule has 0 radical (unpaired) electrons. The van der Waals surface area contributed by atoms with Crippen LogP contribution in [-0.4, -0.2) is 29.0 Å². The molecule has 0 saturated heterocycles. The third-order valence-corrected chi connectivity index (χ3v) is 1.05. The molecule has 0 aromatic heterocycles. The molecule has 0 amide bonds. The van der Waals surface area contributed by atoms with Crippen molar-refractivity contribution < 1.29 is 19.8 Å². The molecule has 0 aliphatic carbocycles. The van der Waals surface area contributed by atoms with E-state index >= 15 is 0 Å². The van der Waals surface area contributed by atoms with Crippen molar-refractivity contribution in [1.29, 1.82) is 0 Å². The predicted octanol–water partition coefficient (Wildman–Crippen LogP) is 0.0335. The largest absolute Gasteiger partial charge is 0.631 e. The smallest absolute Gasteiger partial charge is 0.494 e. The number of hydrogen-bond acceptors (Lipinski definition) is 4. The number of hydrogen-bond donors (Lipinski definition) is 3. The Bertz CT molecular complexity index is 200. The molecule has 0 atom stereocenters. The molecular weight excluding hydrogens is 171 g/mol. The average Bonchev–Trinajstić information content (AvgIpc) is 2.06. The topological polar surface area (TPSA) is 69.9 Å². The van der Waals surface area contributed by atoms with Gasteiger partial charge < -0.3 is 19.8 Å². The first-order valence-electron chi connectivity index (χ1n) is 3.89. The minimum atomic E-state index is -2.17. The Labute approximate surface area is 77.6 Å². The van der Waals surface area contributed by atoms with Crippen molar-refractivity contribution in [2.45, 2.75) is 6.92 Å². The number of benzene rings is 1. The van der Waals surface area contributed by atoms with Gasteiger partial charge in [0, 0.05) is 0 Å². The van der Waals surface area contributed by atoms with Gasteiger partial charge in [-0.3, -0.25) is 0 Å². The zero-order valence-corrected chi connectivity index (χ0v) is 7.42. The Morgan fingerprint density at radius 2 is 1.62 bits per heavy atom. The van der Waals surface area contributed by atoms with Crippen LogP contribution in [0, 0.1) is 0 Å². The van der Waals surface area contributed by atoms with Crippen LogP contribution >= 0.6 is 0 Å². The van der Waals surface area contributed by atoms with Gasteiger partial charge in [-0.25, -0.2) is 0 Å². The molecule has 1 aromatic rings. The molecule has 72 valence electrons. The fraction of sp³-hybridized carbons (Fsp3) is 0.250. The van der Waals surface area contributed by atoms with Crippen molar-refractivity contribution in [3.8, 4) is 5.75 Å². The monoisotopic (exact) mass is 184 g/mol.